The summed E-state index contributed by atoms with van der Waals surface area (Å²) < 4.78 is 21.2. The molecule has 0 saturated heterocycles. The molecular formula is C24H20FN5O3. The van der Waals surface area contributed by atoms with Crippen molar-refractivity contribution < 1.29 is 18.7 Å². The fourth-order valence-corrected chi connectivity index (χ4v) is 3.14. The number of urea groups is 1. The molecule has 0 aliphatic heterocycles. The second-order valence-electron chi connectivity index (χ2n) is 7.17. The van der Waals surface area contributed by atoms with E-state index < -0.39 is 17.8 Å². The van der Waals surface area contributed by atoms with Crippen LogP contribution in [0.25, 0.3) is 5.82 Å². The van der Waals surface area contributed by atoms with Crippen LogP contribution in [-0.4, -0.2) is 21.5 Å². The largest absolute Gasteiger partial charge is 0.457 e. The Bertz CT molecular complexity index is 1320. The standard InChI is InChI=1S/C24H20FN5O3/c1-15-4-9-19(25)20(13-15)29-24(32)28-16-5-7-17(8-6-16)33-18-10-11-27-22(14-18)30-12-2-3-21(30)23(26)31/h2-14H,1H3,(H2,26,31)(H2,28,29,32). The number of primary amides is 1. The van der Waals surface area contributed by atoms with Gasteiger partial charge in [-0.3, -0.25) is 9.36 Å². The summed E-state index contributed by atoms with van der Waals surface area (Å²) in [5.74, 6) is 0.414. The summed E-state index contributed by atoms with van der Waals surface area (Å²) in [6.07, 6.45) is 3.24. The van der Waals surface area contributed by atoms with Crippen LogP contribution < -0.4 is 21.1 Å². The second kappa shape index (κ2) is 9.23. The lowest BCUT2D eigenvalue weighted by atomic mass is 10.2. The number of aryl methyl sites for hydroxylation is 1. The maximum absolute atomic E-state index is 13.8. The Morgan fingerprint density at radius 3 is 2.55 bits per heavy atom. The van der Waals surface area contributed by atoms with E-state index in [1.807, 2.05) is 6.92 Å². The van der Waals surface area contributed by atoms with Crippen molar-refractivity contribution in [1.29, 1.82) is 0 Å². The van der Waals surface area contributed by atoms with Crippen LogP contribution in [0.4, 0.5) is 20.6 Å². The number of pyridine rings is 1. The molecule has 0 atom stereocenters. The third-order valence-electron chi connectivity index (χ3n) is 4.68. The molecule has 8 nitrogen and oxygen atoms in total. The predicted octanol–water partition coefficient (Wildman–Crippen LogP) is 4.86. The van der Waals surface area contributed by atoms with Crippen LogP contribution in [0.3, 0.4) is 0 Å². The van der Waals surface area contributed by atoms with E-state index in [2.05, 4.69) is 15.6 Å². The average molecular weight is 445 g/mol. The van der Waals surface area contributed by atoms with Crippen LogP contribution in [0.1, 0.15) is 16.1 Å². The average Bonchev–Trinajstić information content (AvgIpc) is 3.28. The molecule has 4 rings (SSSR count). The molecule has 2 aromatic carbocycles. The van der Waals surface area contributed by atoms with E-state index in [9.17, 15) is 14.0 Å². The SMILES string of the molecule is Cc1ccc(F)c(NC(=O)Nc2ccc(Oc3ccnc(-n4cccc4C(N)=O)c3)cc2)c1. The smallest absolute Gasteiger partial charge is 0.323 e. The van der Waals surface area contributed by atoms with E-state index in [4.69, 9.17) is 10.5 Å². The van der Waals surface area contributed by atoms with Gasteiger partial charge in [-0.05, 0) is 67.1 Å². The molecule has 166 valence electrons. The number of hydrogen-bond donors (Lipinski definition) is 3. The van der Waals surface area contributed by atoms with Crippen LogP contribution in [0.2, 0.25) is 0 Å². The molecule has 0 radical (unpaired) electrons. The number of hydrogen-bond acceptors (Lipinski definition) is 4. The van der Waals surface area contributed by atoms with Crippen molar-refractivity contribution >= 4 is 23.3 Å². The fourth-order valence-electron chi connectivity index (χ4n) is 3.14. The lowest BCUT2D eigenvalue weighted by Crippen LogP contribution is -2.20. The van der Waals surface area contributed by atoms with Crippen molar-refractivity contribution in [3.63, 3.8) is 0 Å². The molecule has 2 heterocycles. The molecule has 4 aromatic rings. The van der Waals surface area contributed by atoms with Crippen molar-refractivity contribution in [3.05, 3.63) is 96.2 Å². The number of carbonyl (C=O) groups excluding carboxylic acids is 2. The van der Waals surface area contributed by atoms with Gasteiger partial charge >= 0.3 is 6.03 Å². The van der Waals surface area contributed by atoms with E-state index >= 15 is 0 Å². The highest BCUT2D eigenvalue weighted by molar-refractivity contribution is 5.99. The van der Waals surface area contributed by atoms with E-state index in [-0.39, 0.29) is 5.69 Å². The Balaban J connectivity index is 1.42. The van der Waals surface area contributed by atoms with Gasteiger partial charge in [-0.2, -0.15) is 0 Å². The van der Waals surface area contributed by atoms with Crippen molar-refractivity contribution in [2.24, 2.45) is 5.73 Å². The number of amides is 3. The highest BCUT2D eigenvalue weighted by Crippen LogP contribution is 2.25. The zero-order valence-electron chi connectivity index (χ0n) is 17.6. The molecule has 0 bridgehead atoms. The van der Waals surface area contributed by atoms with Gasteiger partial charge in [-0.25, -0.2) is 14.2 Å². The summed E-state index contributed by atoms with van der Waals surface area (Å²) in [4.78, 5) is 28.0. The molecule has 0 spiro atoms. The Morgan fingerprint density at radius 1 is 1.00 bits per heavy atom. The first-order valence-corrected chi connectivity index (χ1v) is 9.95. The first kappa shape index (κ1) is 21.6. The lowest BCUT2D eigenvalue weighted by Gasteiger charge is -2.11. The quantitative estimate of drug-likeness (QED) is 0.394. The Labute approximate surface area is 188 Å². The van der Waals surface area contributed by atoms with Gasteiger partial charge < -0.3 is 21.1 Å². The molecule has 0 unspecified atom stereocenters. The first-order chi connectivity index (χ1) is 15.9. The van der Waals surface area contributed by atoms with Gasteiger partial charge in [-0.15, -0.1) is 0 Å². The van der Waals surface area contributed by atoms with E-state index in [0.717, 1.165) is 5.56 Å². The van der Waals surface area contributed by atoms with Gasteiger partial charge in [0.05, 0.1) is 5.69 Å². The minimum Gasteiger partial charge on any atom is -0.457 e. The normalized spacial score (nSPS) is 10.5. The van der Waals surface area contributed by atoms with Crippen molar-refractivity contribution in [3.8, 4) is 17.3 Å². The van der Waals surface area contributed by atoms with Crippen molar-refractivity contribution in [2.75, 3.05) is 10.6 Å². The maximum Gasteiger partial charge on any atom is 0.323 e. The summed E-state index contributed by atoms with van der Waals surface area (Å²) in [6.45, 7) is 1.81. The third kappa shape index (κ3) is 5.16. The maximum atomic E-state index is 13.8. The monoisotopic (exact) mass is 445 g/mol. The van der Waals surface area contributed by atoms with Crippen LogP contribution in [0.5, 0.6) is 11.5 Å². The highest BCUT2D eigenvalue weighted by atomic mass is 19.1. The van der Waals surface area contributed by atoms with Gasteiger partial charge in [0.1, 0.15) is 28.8 Å². The van der Waals surface area contributed by atoms with E-state index in [1.165, 1.54) is 6.07 Å². The van der Waals surface area contributed by atoms with Gasteiger partial charge in [0, 0.05) is 24.1 Å². The van der Waals surface area contributed by atoms with Gasteiger partial charge in [0.25, 0.3) is 5.91 Å². The minimum atomic E-state index is -0.566. The van der Waals surface area contributed by atoms with Gasteiger partial charge in [-0.1, -0.05) is 6.07 Å². The molecule has 9 heteroatoms. The minimum absolute atomic E-state index is 0.100. The van der Waals surface area contributed by atoms with Gasteiger partial charge in [0.15, 0.2) is 0 Å². The van der Waals surface area contributed by atoms with Crippen LogP contribution in [0.15, 0.2) is 79.1 Å². The Kier molecular flexibility index (Phi) is 6.03. The molecule has 0 saturated carbocycles. The van der Waals surface area contributed by atoms with Crippen molar-refractivity contribution in [1.82, 2.24) is 9.55 Å². The number of aromatic nitrogens is 2. The Hall–Kier alpha value is -4.66. The third-order valence-corrected chi connectivity index (χ3v) is 4.68. The predicted molar refractivity (Wildman–Crippen MR) is 122 cm³/mol. The first-order valence-electron chi connectivity index (χ1n) is 9.95. The molecule has 4 N–H and O–H groups in total. The number of nitrogens with zero attached hydrogens (tertiary/aromatic N) is 2. The highest BCUT2D eigenvalue weighted by Gasteiger charge is 2.11. The molecule has 0 aliphatic carbocycles. The summed E-state index contributed by atoms with van der Waals surface area (Å²) >= 11 is 0. The summed E-state index contributed by atoms with van der Waals surface area (Å²) in [5, 5.41) is 5.13. The topological polar surface area (TPSA) is 111 Å². The van der Waals surface area contributed by atoms with E-state index in [0.29, 0.717) is 28.7 Å². The molecule has 0 fully saturated rings. The summed E-state index contributed by atoms with van der Waals surface area (Å²) in [5.41, 5.74) is 7.13. The summed E-state index contributed by atoms with van der Waals surface area (Å²) in [6, 6.07) is 17.2. The van der Waals surface area contributed by atoms with Crippen LogP contribution in [0, 0.1) is 12.7 Å². The van der Waals surface area contributed by atoms with Gasteiger partial charge in [0.2, 0.25) is 0 Å². The molecule has 3 amide bonds. The number of nitrogens with two attached hydrogens (primary N) is 1. The fraction of sp³-hybridized carbons (Fsp3) is 0.0417. The van der Waals surface area contributed by atoms with Crippen LogP contribution in [-0.2, 0) is 0 Å². The number of halogens is 1. The number of benzene rings is 2. The van der Waals surface area contributed by atoms with Crippen LogP contribution >= 0.6 is 0 Å². The number of carbonyl (C=O) groups is 2. The van der Waals surface area contributed by atoms with Crippen molar-refractivity contribution in [2.45, 2.75) is 6.92 Å². The second-order valence-corrected chi connectivity index (χ2v) is 7.17. The number of anilines is 2. The van der Waals surface area contributed by atoms with E-state index in [1.54, 1.807) is 77.6 Å². The number of rotatable bonds is 6. The molecular weight excluding hydrogens is 425 g/mol. The zero-order valence-corrected chi connectivity index (χ0v) is 17.6. The molecule has 33 heavy (non-hydrogen) atoms. The zero-order chi connectivity index (χ0) is 23.4. The Morgan fingerprint density at radius 2 is 1.79 bits per heavy atom. The molecule has 0 aliphatic rings. The molecule has 2 aromatic heterocycles. The number of ether oxygens (including phenoxy) is 1. The summed E-state index contributed by atoms with van der Waals surface area (Å²) in [7, 11) is 0. The lowest BCUT2D eigenvalue weighted by molar-refractivity contribution is 0.0993. The number of nitrogens with one attached hydrogen (secondary N) is 2.